The van der Waals surface area contributed by atoms with Crippen LogP contribution in [0.3, 0.4) is 0 Å². The molecule has 1 N–H and O–H groups in total. The summed E-state index contributed by atoms with van der Waals surface area (Å²) in [5.74, 6) is -0.0515. The zero-order valence-electron chi connectivity index (χ0n) is 5.63. The molecule has 0 aromatic rings. The van der Waals surface area contributed by atoms with E-state index in [0.29, 0.717) is 5.70 Å². The Labute approximate surface area is 59.9 Å². The predicted molar refractivity (Wildman–Crippen MR) is 40.2 cm³/mol. The number of hydrogen-bond acceptors (Lipinski definition) is 2. The molecule has 0 bridgehead atoms. The number of hydrogen-bond donors (Lipinski definition) is 1. The summed E-state index contributed by atoms with van der Waals surface area (Å²) in [4.78, 5) is 10.9. The van der Waals surface area contributed by atoms with Crippen molar-refractivity contribution in [3.05, 3.63) is 36.7 Å². The van der Waals surface area contributed by atoms with Gasteiger partial charge < -0.3 is 5.32 Å². The highest BCUT2D eigenvalue weighted by molar-refractivity contribution is 6.03. The predicted octanol–water partition coefficient (Wildman–Crippen LogP) is 1.13. The van der Waals surface area contributed by atoms with Crippen LogP contribution >= 0.6 is 0 Å². The van der Waals surface area contributed by atoms with Gasteiger partial charge in [-0.25, -0.2) is 0 Å². The lowest BCUT2D eigenvalue weighted by molar-refractivity contribution is -0.111. The smallest absolute Gasteiger partial charge is 0.201 e. The minimum absolute atomic E-state index is 0.0515. The van der Waals surface area contributed by atoms with Crippen molar-refractivity contribution < 1.29 is 4.79 Å². The van der Waals surface area contributed by atoms with Crippen molar-refractivity contribution in [2.24, 2.45) is 0 Å². The molecule has 1 aliphatic rings. The molecule has 0 saturated heterocycles. The van der Waals surface area contributed by atoms with Gasteiger partial charge in [0.2, 0.25) is 5.78 Å². The number of carbonyl (C=O) groups is 1. The third-order valence-corrected chi connectivity index (χ3v) is 1.27. The van der Waals surface area contributed by atoms with Gasteiger partial charge in [0.1, 0.15) is 0 Å². The van der Waals surface area contributed by atoms with E-state index in [4.69, 9.17) is 0 Å². The molecular formula is C8H9NO. The topological polar surface area (TPSA) is 29.1 Å². The van der Waals surface area contributed by atoms with Crippen LogP contribution in [0.4, 0.5) is 0 Å². The maximum atomic E-state index is 10.9. The number of allylic oxidation sites excluding steroid dienone is 3. The fourth-order valence-corrected chi connectivity index (χ4v) is 0.743. The van der Waals surface area contributed by atoms with E-state index >= 15 is 0 Å². The van der Waals surface area contributed by atoms with Crippen molar-refractivity contribution in [2.45, 2.75) is 6.42 Å². The number of rotatable bonds is 2. The molecule has 0 amide bonds. The second-order valence-electron chi connectivity index (χ2n) is 1.97. The molecule has 0 aromatic carbocycles. The van der Waals surface area contributed by atoms with Gasteiger partial charge in [-0.3, -0.25) is 4.79 Å². The Bertz CT molecular complexity index is 213. The molecule has 0 spiro atoms. The summed E-state index contributed by atoms with van der Waals surface area (Å²) in [6.45, 7) is 3.38. The number of ketones is 1. The lowest BCUT2D eigenvalue weighted by atomic mass is 10.2. The maximum absolute atomic E-state index is 10.9. The van der Waals surface area contributed by atoms with E-state index in [1.165, 1.54) is 6.08 Å². The first kappa shape index (κ1) is 6.81. The Morgan fingerprint density at radius 1 is 1.80 bits per heavy atom. The molecule has 0 unspecified atom stereocenters. The molecule has 2 nitrogen and oxygen atoms in total. The van der Waals surface area contributed by atoms with Gasteiger partial charge in [0.15, 0.2) is 0 Å². The van der Waals surface area contributed by atoms with E-state index in [-0.39, 0.29) is 5.78 Å². The average molecular weight is 135 g/mol. The SMILES string of the molecule is C=CC(=O)C1=CCC=CN1. The van der Waals surface area contributed by atoms with Crippen LogP contribution in [-0.2, 0) is 4.79 Å². The summed E-state index contributed by atoms with van der Waals surface area (Å²) in [6.07, 6.45) is 7.67. The normalized spacial score (nSPS) is 15.4. The highest BCUT2D eigenvalue weighted by Gasteiger charge is 2.03. The Kier molecular flexibility index (Phi) is 2.05. The molecule has 10 heavy (non-hydrogen) atoms. The molecule has 0 radical (unpaired) electrons. The van der Waals surface area contributed by atoms with E-state index in [9.17, 15) is 4.79 Å². The molecule has 1 aliphatic heterocycles. The molecule has 0 aliphatic carbocycles. The fraction of sp³-hybridized carbons (Fsp3) is 0.125. The van der Waals surface area contributed by atoms with Crippen molar-refractivity contribution >= 4 is 5.78 Å². The van der Waals surface area contributed by atoms with Gasteiger partial charge in [-0.15, -0.1) is 0 Å². The number of carbonyl (C=O) groups excluding carboxylic acids is 1. The maximum Gasteiger partial charge on any atom is 0.201 e. The van der Waals surface area contributed by atoms with Crippen molar-refractivity contribution in [3.8, 4) is 0 Å². The van der Waals surface area contributed by atoms with Gasteiger partial charge in [0.05, 0.1) is 5.70 Å². The highest BCUT2D eigenvalue weighted by Crippen LogP contribution is 2.01. The van der Waals surface area contributed by atoms with E-state index in [0.717, 1.165) is 6.42 Å². The number of nitrogens with one attached hydrogen (secondary N) is 1. The molecule has 0 saturated carbocycles. The van der Waals surface area contributed by atoms with Crippen LogP contribution in [0.2, 0.25) is 0 Å². The van der Waals surface area contributed by atoms with Crippen LogP contribution in [0, 0.1) is 0 Å². The Hall–Kier alpha value is -1.31. The van der Waals surface area contributed by atoms with Gasteiger partial charge in [-0.1, -0.05) is 18.7 Å². The van der Waals surface area contributed by atoms with Gasteiger partial charge in [-0.2, -0.15) is 0 Å². The molecule has 1 heterocycles. The third kappa shape index (κ3) is 1.35. The molecular weight excluding hydrogens is 126 g/mol. The summed E-state index contributed by atoms with van der Waals surface area (Å²) in [7, 11) is 0. The highest BCUT2D eigenvalue weighted by atomic mass is 16.1. The minimum atomic E-state index is -0.0515. The summed E-state index contributed by atoms with van der Waals surface area (Å²) in [6, 6.07) is 0. The van der Waals surface area contributed by atoms with Crippen LogP contribution in [0.25, 0.3) is 0 Å². The zero-order chi connectivity index (χ0) is 7.40. The van der Waals surface area contributed by atoms with Crippen LogP contribution in [-0.4, -0.2) is 5.78 Å². The number of dihydropyridines is 1. The quantitative estimate of drug-likeness (QED) is 0.575. The van der Waals surface area contributed by atoms with Crippen LogP contribution in [0.5, 0.6) is 0 Å². The van der Waals surface area contributed by atoms with E-state index in [1.54, 1.807) is 6.20 Å². The van der Waals surface area contributed by atoms with Crippen LogP contribution in [0.15, 0.2) is 36.7 Å². The Morgan fingerprint density at radius 2 is 2.60 bits per heavy atom. The largest absolute Gasteiger partial charge is 0.359 e. The van der Waals surface area contributed by atoms with E-state index in [2.05, 4.69) is 11.9 Å². The van der Waals surface area contributed by atoms with Crippen molar-refractivity contribution in [1.82, 2.24) is 5.32 Å². The Balaban J connectivity index is 2.64. The summed E-state index contributed by atoms with van der Waals surface area (Å²) in [5.41, 5.74) is 0.623. The third-order valence-electron chi connectivity index (χ3n) is 1.27. The molecule has 1 rings (SSSR count). The first-order chi connectivity index (χ1) is 4.84. The summed E-state index contributed by atoms with van der Waals surface area (Å²) >= 11 is 0. The first-order valence-electron chi connectivity index (χ1n) is 3.13. The monoisotopic (exact) mass is 135 g/mol. The van der Waals surface area contributed by atoms with Gasteiger partial charge in [-0.05, 0) is 18.7 Å². The first-order valence-corrected chi connectivity index (χ1v) is 3.13. The van der Waals surface area contributed by atoms with Crippen molar-refractivity contribution in [3.63, 3.8) is 0 Å². The molecule has 0 fully saturated rings. The van der Waals surface area contributed by atoms with Gasteiger partial charge in [0.25, 0.3) is 0 Å². The van der Waals surface area contributed by atoms with Gasteiger partial charge >= 0.3 is 0 Å². The summed E-state index contributed by atoms with van der Waals surface area (Å²) in [5, 5.41) is 2.83. The van der Waals surface area contributed by atoms with Gasteiger partial charge in [0, 0.05) is 0 Å². The molecule has 0 aromatic heterocycles. The molecule has 0 atom stereocenters. The lowest BCUT2D eigenvalue weighted by Gasteiger charge is -2.05. The summed E-state index contributed by atoms with van der Waals surface area (Å²) < 4.78 is 0. The molecule has 52 valence electrons. The standard InChI is InChI=1S/C8H9NO/c1-2-8(10)7-5-3-4-6-9-7/h2,4-6,9H,1,3H2. The van der Waals surface area contributed by atoms with Crippen molar-refractivity contribution in [2.75, 3.05) is 0 Å². The lowest BCUT2D eigenvalue weighted by Crippen LogP contribution is -2.14. The fourth-order valence-electron chi connectivity index (χ4n) is 0.743. The average Bonchev–Trinajstić information content (AvgIpc) is 2.05. The minimum Gasteiger partial charge on any atom is -0.359 e. The van der Waals surface area contributed by atoms with Crippen LogP contribution in [0.1, 0.15) is 6.42 Å². The van der Waals surface area contributed by atoms with E-state index in [1.807, 2.05) is 12.2 Å². The van der Waals surface area contributed by atoms with Crippen LogP contribution < -0.4 is 5.32 Å². The second-order valence-corrected chi connectivity index (χ2v) is 1.97. The van der Waals surface area contributed by atoms with Crippen molar-refractivity contribution in [1.29, 1.82) is 0 Å². The molecule has 2 heteroatoms. The Morgan fingerprint density at radius 3 is 3.10 bits per heavy atom. The van der Waals surface area contributed by atoms with E-state index < -0.39 is 0 Å². The second kappa shape index (κ2) is 3.01. The zero-order valence-corrected chi connectivity index (χ0v) is 5.63.